The second kappa shape index (κ2) is 58.6. The van der Waals surface area contributed by atoms with Crippen LogP contribution in [0, 0.1) is 17.8 Å². The standard InChI is InChI=1S/C68H128O17P2/c1-8-9-10-11-12-13-14-15-16-17-18-21-29-37-44-51-67(72)84-63(55-78-65(70)49-42-35-28-22-19-20-25-32-39-46-59(2)3)57-82-86(74,75)80-53-62(69)54-81-87(76,77)83-58-64(85-68(73)52-45-38-31-24-27-34-41-48-61(6)7)56-79-66(71)50-43-36-30-23-26-33-40-47-60(4)5/h13-16,59-64,69H,8-12,17-58H2,1-7H3,(H,74,75)(H,76,77)/b14-13-,16-15-/t62?,63-,64-/m1/s1. The highest BCUT2D eigenvalue weighted by molar-refractivity contribution is 7.47. The molecule has 0 saturated carbocycles. The predicted octanol–water partition coefficient (Wildman–Crippen LogP) is 18.6. The van der Waals surface area contributed by atoms with Crippen LogP contribution in [0.3, 0.4) is 0 Å². The molecule has 0 aromatic rings. The molecule has 0 fully saturated rings. The van der Waals surface area contributed by atoms with Gasteiger partial charge in [-0.25, -0.2) is 9.13 Å². The van der Waals surface area contributed by atoms with Crippen LogP contribution >= 0.6 is 15.6 Å². The van der Waals surface area contributed by atoms with Crippen molar-refractivity contribution in [1.82, 2.24) is 0 Å². The fourth-order valence-electron chi connectivity index (χ4n) is 9.65. The van der Waals surface area contributed by atoms with Crippen molar-refractivity contribution >= 4 is 39.5 Å². The lowest BCUT2D eigenvalue weighted by molar-refractivity contribution is -0.161. The lowest BCUT2D eigenvalue weighted by atomic mass is 10.0. The maximum Gasteiger partial charge on any atom is 0.472 e. The first-order valence-corrected chi connectivity index (χ1v) is 37.7. The van der Waals surface area contributed by atoms with E-state index in [1.807, 2.05) is 0 Å². The van der Waals surface area contributed by atoms with Gasteiger partial charge in [0.05, 0.1) is 26.4 Å². The number of phosphoric ester groups is 2. The highest BCUT2D eigenvalue weighted by Gasteiger charge is 2.30. The molecule has 0 aromatic carbocycles. The van der Waals surface area contributed by atoms with Crippen LogP contribution < -0.4 is 0 Å². The summed E-state index contributed by atoms with van der Waals surface area (Å²) < 4.78 is 68.1. The molecule has 0 aliphatic rings. The second-order valence-corrected chi connectivity index (χ2v) is 28.2. The zero-order chi connectivity index (χ0) is 64.5. The SMILES string of the molecule is CCCCCC/C=C\C=C/CCCCCCCC(=O)O[C@H](COC(=O)CCCCCCCCCCCC(C)C)COP(=O)(O)OCC(O)COP(=O)(O)OC[C@@H](COC(=O)CCCCCCCCCC(C)C)OC(=O)CCCCCCCCCC(C)C. The molecular formula is C68H128O17P2. The van der Waals surface area contributed by atoms with Gasteiger partial charge >= 0.3 is 39.5 Å². The third kappa shape index (κ3) is 62.1. The number of aliphatic hydroxyl groups is 1. The zero-order valence-corrected chi connectivity index (χ0v) is 57.7. The molecule has 512 valence electrons. The molecular weight excluding hydrogens is 1150 g/mol. The van der Waals surface area contributed by atoms with Crippen LogP contribution in [0.5, 0.6) is 0 Å². The monoisotopic (exact) mass is 1280 g/mol. The smallest absolute Gasteiger partial charge is 0.462 e. The number of phosphoric acid groups is 2. The third-order valence-corrected chi connectivity index (χ3v) is 16.9. The average molecular weight is 1280 g/mol. The third-order valence-electron chi connectivity index (χ3n) is 15.0. The molecule has 0 amide bonds. The second-order valence-electron chi connectivity index (χ2n) is 25.3. The van der Waals surface area contributed by atoms with E-state index in [-0.39, 0.29) is 25.7 Å². The summed E-state index contributed by atoms with van der Waals surface area (Å²) in [7, 11) is -9.91. The minimum Gasteiger partial charge on any atom is -0.462 e. The molecule has 19 heteroatoms. The Morgan fingerprint density at radius 2 is 0.621 bits per heavy atom. The number of esters is 4. The Balaban J connectivity index is 5.29. The highest BCUT2D eigenvalue weighted by Crippen LogP contribution is 2.45. The Morgan fingerprint density at radius 3 is 0.931 bits per heavy atom. The summed E-state index contributed by atoms with van der Waals surface area (Å²) in [5, 5.41) is 10.6. The van der Waals surface area contributed by atoms with Crippen molar-refractivity contribution in [2.24, 2.45) is 17.8 Å². The van der Waals surface area contributed by atoms with Crippen molar-refractivity contribution in [3.63, 3.8) is 0 Å². The summed E-state index contributed by atoms with van der Waals surface area (Å²) in [6, 6.07) is 0. The number of aliphatic hydroxyl groups excluding tert-OH is 1. The van der Waals surface area contributed by atoms with E-state index < -0.39 is 97.5 Å². The molecule has 87 heavy (non-hydrogen) atoms. The van der Waals surface area contributed by atoms with Gasteiger partial charge in [-0.15, -0.1) is 0 Å². The summed E-state index contributed by atoms with van der Waals surface area (Å²) >= 11 is 0. The molecule has 0 saturated heterocycles. The van der Waals surface area contributed by atoms with E-state index in [0.29, 0.717) is 37.5 Å². The number of allylic oxidation sites excluding steroid dienone is 4. The quantitative estimate of drug-likeness (QED) is 0.0169. The molecule has 3 N–H and O–H groups in total. The summed E-state index contributed by atoms with van der Waals surface area (Å²) in [5.41, 5.74) is 0. The molecule has 0 heterocycles. The number of unbranched alkanes of at least 4 members (excludes halogenated alkanes) is 29. The summed E-state index contributed by atoms with van der Waals surface area (Å²) in [6.45, 7) is 11.6. The maximum absolute atomic E-state index is 13.0. The molecule has 0 aliphatic heterocycles. The van der Waals surface area contributed by atoms with E-state index in [2.05, 4.69) is 72.8 Å². The van der Waals surface area contributed by atoms with Gasteiger partial charge in [0.25, 0.3) is 0 Å². The maximum atomic E-state index is 13.0. The molecule has 0 spiro atoms. The predicted molar refractivity (Wildman–Crippen MR) is 349 cm³/mol. The van der Waals surface area contributed by atoms with Crippen LogP contribution in [0.25, 0.3) is 0 Å². The van der Waals surface area contributed by atoms with E-state index in [0.717, 1.165) is 115 Å². The van der Waals surface area contributed by atoms with Gasteiger partial charge in [-0.05, 0) is 69.1 Å². The van der Waals surface area contributed by atoms with Gasteiger partial charge < -0.3 is 33.8 Å². The number of rotatable bonds is 64. The van der Waals surface area contributed by atoms with Crippen molar-refractivity contribution < 1.29 is 80.2 Å². The van der Waals surface area contributed by atoms with Gasteiger partial charge in [0, 0.05) is 25.7 Å². The van der Waals surface area contributed by atoms with Crippen LogP contribution in [-0.2, 0) is 65.4 Å². The van der Waals surface area contributed by atoms with Crippen LogP contribution in [-0.4, -0.2) is 96.7 Å². The molecule has 0 radical (unpaired) electrons. The summed E-state index contributed by atoms with van der Waals surface area (Å²) in [4.78, 5) is 72.4. The number of hydrogen-bond donors (Lipinski definition) is 3. The van der Waals surface area contributed by atoms with Crippen LogP contribution in [0.15, 0.2) is 24.3 Å². The van der Waals surface area contributed by atoms with Crippen molar-refractivity contribution in [2.75, 3.05) is 39.6 Å². The van der Waals surface area contributed by atoms with E-state index in [1.54, 1.807) is 0 Å². The number of hydrogen-bond acceptors (Lipinski definition) is 15. The van der Waals surface area contributed by atoms with Crippen LogP contribution in [0.4, 0.5) is 0 Å². The average Bonchev–Trinajstić information content (AvgIpc) is 3.68. The van der Waals surface area contributed by atoms with Crippen molar-refractivity contribution in [3.8, 4) is 0 Å². The lowest BCUT2D eigenvalue weighted by Gasteiger charge is -2.21. The first-order valence-electron chi connectivity index (χ1n) is 34.7. The molecule has 5 atom stereocenters. The minimum absolute atomic E-state index is 0.0839. The molecule has 0 bridgehead atoms. The number of carbonyl (C=O) groups is 4. The first kappa shape index (κ1) is 84.5. The number of carbonyl (C=O) groups excluding carboxylic acids is 4. The van der Waals surface area contributed by atoms with Gasteiger partial charge in [0.15, 0.2) is 12.2 Å². The molecule has 0 rings (SSSR count). The van der Waals surface area contributed by atoms with Gasteiger partial charge in [-0.1, -0.05) is 259 Å². The topological polar surface area (TPSA) is 237 Å². The summed E-state index contributed by atoms with van der Waals surface area (Å²) in [6.07, 6.45) is 44.1. The van der Waals surface area contributed by atoms with E-state index in [9.17, 15) is 43.2 Å². The van der Waals surface area contributed by atoms with Crippen LogP contribution in [0.1, 0.15) is 312 Å². The van der Waals surface area contributed by atoms with Gasteiger partial charge in [-0.3, -0.25) is 37.3 Å². The Labute approximate surface area is 529 Å². The van der Waals surface area contributed by atoms with E-state index in [1.165, 1.54) is 103 Å². The molecule has 0 aromatic heterocycles. The fourth-order valence-corrected chi connectivity index (χ4v) is 11.2. The van der Waals surface area contributed by atoms with Gasteiger partial charge in [-0.2, -0.15) is 0 Å². The van der Waals surface area contributed by atoms with Crippen molar-refractivity contribution in [3.05, 3.63) is 24.3 Å². The van der Waals surface area contributed by atoms with Crippen molar-refractivity contribution in [2.45, 2.75) is 330 Å². The van der Waals surface area contributed by atoms with Gasteiger partial charge in [0.1, 0.15) is 19.3 Å². The Hall–Kier alpha value is -2.46. The van der Waals surface area contributed by atoms with Crippen LogP contribution in [0.2, 0.25) is 0 Å². The fraction of sp³-hybridized carbons (Fsp3) is 0.882. The lowest BCUT2D eigenvalue weighted by Crippen LogP contribution is -2.30. The molecule has 17 nitrogen and oxygen atoms in total. The Bertz CT molecular complexity index is 1810. The highest BCUT2D eigenvalue weighted by atomic mass is 31.2. The molecule has 3 unspecified atom stereocenters. The van der Waals surface area contributed by atoms with E-state index >= 15 is 0 Å². The Morgan fingerprint density at radius 1 is 0.356 bits per heavy atom. The molecule has 0 aliphatic carbocycles. The first-order chi connectivity index (χ1) is 41.7. The van der Waals surface area contributed by atoms with E-state index in [4.69, 9.17) is 37.0 Å². The number of ether oxygens (including phenoxy) is 4. The largest absolute Gasteiger partial charge is 0.472 e. The normalized spacial score (nSPS) is 14.4. The van der Waals surface area contributed by atoms with Gasteiger partial charge in [0.2, 0.25) is 0 Å². The minimum atomic E-state index is -4.96. The Kier molecular flexibility index (Phi) is 57.0. The zero-order valence-electron chi connectivity index (χ0n) is 56.0. The van der Waals surface area contributed by atoms with Crippen molar-refractivity contribution in [1.29, 1.82) is 0 Å². The summed E-state index contributed by atoms with van der Waals surface area (Å²) in [5.74, 6) is -0.0253.